The van der Waals surface area contributed by atoms with Crippen LogP contribution in [-0.2, 0) is 17.8 Å². The summed E-state index contributed by atoms with van der Waals surface area (Å²) < 4.78 is 10.7. The molecule has 0 atom stereocenters. The fourth-order valence-electron chi connectivity index (χ4n) is 1.94. The molecular weight excluding hydrogens is 228 g/mol. The molecule has 0 saturated carbocycles. The van der Waals surface area contributed by atoms with E-state index < -0.39 is 0 Å². The molecule has 0 spiro atoms. The van der Waals surface area contributed by atoms with Gasteiger partial charge in [-0.1, -0.05) is 30.3 Å². The van der Waals surface area contributed by atoms with E-state index in [4.69, 9.17) is 9.47 Å². The van der Waals surface area contributed by atoms with Crippen molar-refractivity contribution >= 4 is 5.97 Å². The highest BCUT2D eigenvalue weighted by Gasteiger charge is 2.20. The standard InChI is InChI=1S/C15H12O3/c16-15-9-12-8-13(6-7-14(12)18-15)17-10-11-4-2-1-3-5-11/h1-8H,9-10H2. The fraction of sp³-hybridized carbons (Fsp3) is 0.133. The van der Waals surface area contributed by atoms with Crippen LogP contribution in [0, 0.1) is 0 Å². The van der Waals surface area contributed by atoms with E-state index in [0.717, 1.165) is 16.9 Å². The Morgan fingerprint density at radius 1 is 1.11 bits per heavy atom. The molecular formula is C15H12O3. The molecule has 0 fully saturated rings. The van der Waals surface area contributed by atoms with Gasteiger partial charge in [0, 0.05) is 5.56 Å². The zero-order valence-corrected chi connectivity index (χ0v) is 9.76. The predicted octanol–water partition coefficient (Wildman–Crippen LogP) is 2.73. The molecule has 1 aliphatic rings. The summed E-state index contributed by atoms with van der Waals surface area (Å²) in [6.45, 7) is 0.522. The average Bonchev–Trinajstić information content (AvgIpc) is 2.77. The van der Waals surface area contributed by atoms with Crippen LogP contribution < -0.4 is 9.47 Å². The number of ether oxygens (including phenoxy) is 2. The van der Waals surface area contributed by atoms with Crippen LogP contribution >= 0.6 is 0 Å². The molecule has 0 aliphatic carbocycles. The van der Waals surface area contributed by atoms with E-state index in [2.05, 4.69) is 0 Å². The van der Waals surface area contributed by atoms with Gasteiger partial charge >= 0.3 is 5.97 Å². The normalized spacial score (nSPS) is 13.0. The summed E-state index contributed by atoms with van der Waals surface area (Å²) in [5.41, 5.74) is 2.01. The number of carbonyl (C=O) groups excluding carboxylic acids is 1. The first-order chi connectivity index (χ1) is 8.81. The smallest absolute Gasteiger partial charge is 0.315 e. The van der Waals surface area contributed by atoms with Crippen LogP contribution in [0.1, 0.15) is 11.1 Å². The van der Waals surface area contributed by atoms with Crippen LogP contribution in [0.25, 0.3) is 0 Å². The van der Waals surface area contributed by atoms with Gasteiger partial charge in [0.2, 0.25) is 0 Å². The highest BCUT2D eigenvalue weighted by molar-refractivity contribution is 5.81. The fourth-order valence-corrected chi connectivity index (χ4v) is 1.94. The summed E-state index contributed by atoms with van der Waals surface area (Å²) in [5.74, 6) is 1.20. The quantitative estimate of drug-likeness (QED) is 0.611. The van der Waals surface area contributed by atoms with Gasteiger partial charge in [-0.05, 0) is 23.8 Å². The number of fused-ring (bicyclic) bond motifs is 1. The van der Waals surface area contributed by atoms with E-state index in [1.54, 1.807) is 6.07 Å². The van der Waals surface area contributed by atoms with Gasteiger partial charge in [-0.25, -0.2) is 0 Å². The Bertz CT molecular complexity index is 576. The third-order valence-corrected chi connectivity index (χ3v) is 2.84. The minimum absolute atomic E-state index is 0.204. The van der Waals surface area contributed by atoms with Crippen LogP contribution in [0.2, 0.25) is 0 Å². The first-order valence-electron chi connectivity index (χ1n) is 5.81. The summed E-state index contributed by atoms with van der Waals surface area (Å²) >= 11 is 0. The molecule has 0 bridgehead atoms. The molecule has 1 aliphatic heterocycles. The van der Waals surface area contributed by atoms with E-state index in [1.165, 1.54) is 0 Å². The molecule has 0 saturated heterocycles. The van der Waals surface area contributed by atoms with Crippen molar-refractivity contribution in [2.45, 2.75) is 13.0 Å². The van der Waals surface area contributed by atoms with Gasteiger partial charge in [-0.2, -0.15) is 0 Å². The number of rotatable bonds is 3. The Morgan fingerprint density at radius 3 is 2.78 bits per heavy atom. The van der Waals surface area contributed by atoms with Crippen molar-refractivity contribution in [2.24, 2.45) is 0 Å². The van der Waals surface area contributed by atoms with Gasteiger partial charge in [0.1, 0.15) is 18.1 Å². The molecule has 0 N–H and O–H groups in total. The van der Waals surface area contributed by atoms with Crippen molar-refractivity contribution in [1.29, 1.82) is 0 Å². The Labute approximate surface area is 105 Å². The predicted molar refractivity (Wildman–Crippen MR) is 66.6 cm³/mol. The molecule has 3 nitrogen and oxygen atoms in total. The average molecular weight is 240 g/mol. The molecule has 90 valence electrons. The Balaban J connectivity index is 1.71. The first-order valence-corrected chi connectivity index (χ1v) is 5.81. The van der Waals surface area contributed by atoms with Gasteiger partial charge in [-0.3, -0.25) is 4.79 Å². The van der Waals surface area contributed by atoms with Crippen LogP contribution in [0.4, 0.5) is 0 Å². The van der Waals surface area contributed by atoms with Crippen molar-refractivity contribution in [3.63, 3.8) is 0 Å². The van der Waals surface area contributed by atoms with Crippen LogP contribution in [0.3, 0.4) is 0 Å². The molecule has 0 aromatic heterocycles. The molecule has 0 unspecified atom stereocenters. The van der Waals surface area contributed by atoms with Crippen molar-refractivity contribution in [3.8, 4) is 11.5 Å². The lowest BCUT2D eigenvalue weighted by Crippen LogP contribution is -2.00. The number of hydrogen-bond acceptors (Lipinski definition) is 3. The SMILES string of the molecule is O=C1Cc2cc(OCc3ccccc3)ccc2O1. The lowest BCUT2D eigenvalue weighted by molar-refractivity contribution is -0.131. The van der Waals surface area contributed by atoms with Gasteiger partial charge in [0.15, 0.2) is 0 Å². The second-order valence-electron chi connectivity index (χ2n) is 4.19. The highest BCUT2D eigenvalue weighted by atomic mass is 16.5. The maximum atomic E-state index is 11.1. The van der Waals surface area contributed by atoms with E-state index in [1.807, 2.05) is 42.5 Å². The summed E-state index contributed by atoms with van der Waals surface area (Å²) in [7, 11) is 0. The molecule has 2 aromatic rings. The zero-order chi connectivity index (χ0) is 12.4. The third kappa shape index (κ3) is 2.20. The van der Waals surface area contributed by atoms with Crippen molar-refractivity contribution in [1.82, 2.24) is 0 Å². The molecule has 0 radical (unpaired) electrons. The van der Waals surface area contributed by atoms with E-state index in [9.17, 15) is 4.79 Å². The lowest BCUT2D eigenvalue weighted by Gasteiger charge is -2.07. The van der Waals surface area contributed by atoms with E-state index >= 15 is 0 Å². The zero-order valence-electron chi connectivity index (χ0n) is 9.76. The van der Waals surface area contributed by atoms with Crippen LogP contribution in [0.15, 0.2) is 48.5 Å². The highest BCUT2D eigenvalue weighted by Crippen LogP contribution is 2.29. The topological polar surface area (TPSA) is 35.5 Å². The van der Waals surface area contributed by atoms with Gasteiger partial charge < -0.3 is 9.47 Å². The van der Waals surface area contributed by atoms with Crippen molar-refractivity contribution < 1.29 is 14.3 Å². The second kappa shape index (κ2) is 4.53. The molecule has 3 rings (SSSR count). The molecule has 3 heteroatoms. The largest absolute Gasteiger partial charge is 0.489 e. The maximum absolute atomic E-state index is 11.1. The van der Waals surface area contributed by atoms with Gasteiger partial charge in [0.25, 0.3) is 0 Å². The minimum Gasteiger partial charge on any atom is -0.489 e. The summed E-state index contributed by atoms with van der Waals surface area (Å²) in [6, 6.07) is 15.4. The van der Waals surface area contributed by atoms with Crippen molar-refractivity contribution in [2.75, 3.05) is 0 Å². The summed E-state index contributed by atoms with van der Waals surface area (Å²) in [6.07, 6.45) is 0.331. The first kappa shape index (κ1) is 10.8. The molecule has 2 aromatic carbocycles. The summed E-state index contributed by atoms with van der Waals surface area (Å²) in [4.78, 5) is 11.1. The third-order valence-electron chi connectivity index (χ3n) is 2.84. The minimum atomic E-state index is -0.204. The van der Waals surface area contributed by atoms with Crippen molar-refractivity contribution in [3.05, 3.63) is 59.7 Å². The Kier molecular flexibility index (Phi) is 2.73. The van der Waals surface area contributed by atoms with Gasteiger partial charge in [0.05, 0.1) is 6.42 Å². The van der Waals surface area contributed by atoms with E-state index in [0.29, 0.717) is 18.8 Å². The Morgan fingerprint density at radius 2 is 1.94 bits per heavy atom. The monoisotopic (exact) mass is 240 g/mol. The van der Waals surface area contributed by atoms with Gasteiger partial charge in [-0.15, -0.1) is 0 Å². The van der Waals surface area contributed by atoms with Crippen LogP contribution in [-0.4, -0.2) is 5.97 Å². The summed E-state index contributed by atoms with van der Waals surface area (Å²) in [5, 5.41) is 0. The van der Waals surface area contributed by atoms with Crippen LogP contribution in [0.5, 0.6) is 11.5 Å². The molecule has 0 amide bonds. The lowest BCUT2D eigenvalue weighted by atomic mass is 10.1. The number of esters is 1. The van der Waals surface area contributed by atoms with E-state index in [-0.39, 0.29) is 5.97 Å². The number of hydrogen-bond donors (Lipinski definition) is 0. The molecule has 1 heterocycles. The second-order valence-corrected chi connectivity index (χ2v) is 4.19. The Hall–Kier alpha value is -2.29. The number of benzene rings is 2. The number of carbonyl (C=O) groups is 1. The molecule has 18 heavy (non-hydrogen) atoms. The maximum Gasteiger partial charge on any atom is 0.315 e.